The molecule has 1 aromatic carbocycles. The second kappa shape index (κ2) is 4.23. The number of ketones is 1. The Morgan fingerprint density at radius 3 is 2.75 bits per heavy atom. The molecule has 2 atom stereocenters. The monoisotopic (exact) mass is 222 g/mol. The van der Waals surface area contributed by atoms with E-state index >= 15 is 0 Å². The van der Waals surface area contributed by atoms with Crippen LogP contribution in [0.2, 0.25) is 0 Å². The number of hydrogen-bond acceptors (Lipinski definition) is 4. The van der Waals surface area contributed by atoms with Crippen LogP contribution in [0.3, 0.4) is 0 Å². The smallest absolute Gasteiger partial charge is 0.166 e. The molecule has 0 aromatic heterocycles. The quantitative estimate of drug-likeness (QED) is 0.820. The summed E-state index contributed by atoms with van der Waals surface area (Å²) in [5.41, 5.74) is 1.23. The van der Waals surface area contributed by atoms with Gasteiger partial charge in [-0.05, 0) is 6.07 Å². The Morgan fingerprint density at radius 1 is 1.38 bits per heavy atom. The Labute approximate surface area is 93.8 Å². The van der Waals surface area contributed by atoms with E-state index in [2.05, 4.69) is 0 Å². The summed E-state index contributed by atoms with van der Waals surface area (Å²) >= 11 is 0. The van der Waals surface area contributed by atoms with Gasteiger partial charge in [0.25, 0.3) is 0 Å². The highest BCUT2D eigenvalue weighted by Crippen LogP contribution is 2.38. The molecule has 4 nitrogen and oxygen atoms in total. The summed E-state index contributed by atoms with van der Waals surface area (Å²) in [6.07, 6.45) is -1.20. The van der Waals surface area contributed by atoms with E-state index in [0.29, 0.717) is 16.9 Å². The molecule has 1 aliphatic rings. The first-order valence-electron chi connectivity index (χ1n) is 5.10. The van der Waals surface area contributed by atoms with Gasteiger partial charge in [-0.3, -0.25) is 4.79 Å². The summed E-state index contributed by atoms with van der Waals surface area (Å²) in [6.45, 7) is 0. The van der Waals surface area contributed by atoms with Crippen molar-refractivity contribution in [1.29, 1.82) is 0 Å². The molecule has 0 bridgehead atoms. The number of aliphatic hydroxyl groups is 1. The third-order valence-corrected chi connectivity index (χ3v) is 2.87. The Bertz CT molecular complexity index is 413. The second-order valence-electron chi connectivity index (χ2n) is 3.77. The van der Waals surface area contributed by atoms with Crippen LogP contribution in [0.25, 0.3) is 0 Å². The molecule has 0 saturated heterocycles. The maximum Gasteiger partial charge on any atom is 0.166 e. The first-order chi connectivity index (χ1) is 7.69. The summed E-state index contributed by atoms with van der Waals surface area (Å²) < 4.78 is 10.4. The predicted molar refractivity (Wildman–Crippen MR) is 57.7 cm³/mol. The summed E-state index contributed by atoms with van der Waals surface area (Å²) in [6, 6.07) is 5.26. The zero-order valence-corrected chi connectivity index (χ0v) is 9.27. The number of carbonyl (C=O) groups is 1. The average Bonchev–Trinajstić information content (AvgIpc) is 2.29. The molecule has 2 rings (SSSR count). The van der Waals surface area contributed by atoms with Crippen molar-refractivity contribution in [2.24, 2.45) is 0 Å². The third kappa shape index (κ3) is 1.60. The SMILES string of the molecule is COc1cccc2c1[C@H](OC)[C@@H](O)CC2=O. The van der Waals surface area contributed by atoms with Gasteiger partial charge in [0.2, 0.25) is 0 Å². The molecule has 4 heteroatoms. The van der Waals surface area contributed by atoms with Crippen molar-refractivity contribution in [3.05, 3.63) is 29.3 Å². The fraction of sp³-hybridized carbons (Fsp3) is 0.417. The number of methoxy groups -OCH3 is 2. The Hall–Kier alpha value is -1.39. The van der Waals surface area contributed by atoms with Gasteiger partial charge in [-0.1, -0.05) is 12.1 Å². The lowest BCUT2D eigenvalue weighted by atomic mass is 9.86. The third-order valence-electron chi connectivity index (χ3n) is 2.87. The van der Waals surface area contributed by atoms with Crippen molar-refractivity contribution >= 4 is 5.78 Å². The Morgan fingerprint density at radius 2 is 2.12 bits per heavy atom. The minimum atomic E-state index is -0.804. The molecule has 0 spiro atoms. The standard InChI is InChI=1S/C12H14O4/c1-15-10-5-3-4-7-8(13)6-9(14)12(16-2)11(7)10/h3-5,9,12,14H,6H2,1-2H3/t9-,12+/m0/s1. The van der Waals surface area contributed by atoms with Crippen LogP contribution in [0.1, 0.15) is 28.4 Å². The van der Waals surface area contributed by atoms with E-state index in [0.717, 1.165) is 0 Å². The molecule has 16 heavy (non-hydrogen) atoms. The molecule has 0 amide bonds. The van der Waals surface area contributed by atoms with Gasteiger partial charge >= 0.3 is 0 Å². The fourth-order valence-electron chi connectivity index (χ4n) is 2.13. The minimum absolute atomic E-state index is 0.0744. The van der Waals surface area contributed by atoms with Gasteiger partial charge in [-0.25, -0.2) is 0 Å². The predicted octanol–water partition coefficient (Wildman–Crippen LogP) is 1.33. The van der Waals surface area contributed by atoms with E-state index in [1.165, 1.54) is 14.2 Å². The molecule has 0 fully saturated rings. The molecule has 1 N–H and O–H groups in total. The van der Waals surface area contributed by atoms with Crippen molar-refractivity contribution in [3.63, 3.8) is 0 Å². The highest BCUT2D eigenvalue weighted by molar-refractivity contribution is 5.99. The van der Waals surface area contributed by atoms with Gasteiger partial charge < -0.3 is 14.6 Å². The van der Waals surface area contributed by atoms with E-state index in [9.17, 15) is 9.90 Å². The van der Waals surface area contributed by atoms with E-state index in [1.54, 1.807) is 18.2 Å². The molecule has 0 aliphatic heterocycles. The highest BCUT2D eigenvalue weighted by Gasteiger charge is 2.35. The lowest BCUT2D eigenvalue weighted by molar-refractivity contribution is -0.0204. The summed E-state index contributed by atoms with van der Waals surface area (Å²) in [7, 11) is 3.05. The molecule has 0 saturated carbocycles. The normalized spacial score (nSPS) is 24.1. The lowest BCUT2D eigenvalue weighted by Crippen LogP contribution is -2.30. The molecule has 0 heterocycles. The maximum atomic E-state index is 11.8. The van der Waals surface area contributed by atoms with Crippen LogP contribution in [0.5, 0.6) is 5.75 Å². The number of aliphatic hydroxyl groups excluding tert-OH is 1. The van der Waals surface area contributed by atoms with Gasteiger partial charge in [0.05, 0.1) is 13.2 Å². The van der Waals surface area contributed by atoms with Gasteiger partial charge in [-0.15, -0.1) is 0 Å². The number of benzene rings is 1. The number of rotatable bonds is 2. The zero-order valence-electron chi connectivity index (χ0n) is 9.27. The Kier molecular flexibility index (Phi) is 2.94. The van der Waals surface area contributed by atoms with Crippen LogP contribution in [0.4, 0.5) is 0 Å². The van der Waals surface area contributed by atoms with Gasteiger partial charge in [0.1, 0.15) is 11.9 Å². The largest absolute Gasteiger partial charge is 0.496 e. The zero-order chi connectivity index (χ0) is 11.7. The topological polar surface area (TPSA) is 55.8 Å². The second-order valence-corrected chi connectivity index (χ2v) is 3.77. The van der Waals surface area contributed by atoms with E-state index < -0.39 is 12.2 Å². The molecule has 1 aliphatic carbocycles. The maximum absolute atomic E-state index is 11.8. The van der Waals surface area contributed by atoms with Crippen LogP contribution in [-0.2, 0) is 4.74 Å². The van der Waals surface area contributed by atoms with Crippen molar-refractivity contribution < 1.29 is 19.4 Å². The van der Waals surface area contributed by atoms with Gasteiger partial charge in [0.15, 0.2) is 5.78 Å². The number of carbonyl (C=O) groups excluding carboxylic acids is 1. The highest BCUT2D eigenvalue weighted by atomic mass is 16.5. The van der Waals surface area contributed by atoms with Crippen LogP contribution in [-0.4, -0.2) is 31.2 Å². The molecular weight excluding hydrogens is 208 g/mol. The van der Waals surface area contributed by atoms with Crippen LogP contribution in [0.15, 0.2) is 18.2 Å². The van der Waals surface area contributed by atoms with Crippen molar-refractivity contribution in [1.82, 2.24) is 0 Å². The number of hydrogen-bond donors (Lipinski definition) is 1. The minimum Gasteiger partial charge on any atom is -0.496 e. The van der Waals surface area contributed by atoms with Crippen LogP contribution >= 0.6 is 0 Å². The van der Waals surface area contributed by atoms with Crippen LogP contribution in [0, 0.1) is 0 Å². The molecule has 86 valence electrons. The van der Waals surface area contributed by atoms with E-state index in [-0.39, 0.29) is 12.2 Å². The van der Waals surface area contributed by atoms with E-state index in [4.69, 9.17) is 9.47 Å². The number of ether oxygens (including phenoxy) is 2. The van der Waals surface area contributed by atoms with Crippen molar-refractivity contribution in [2.75, 3.05) is 14.2 Å². The van der Waals surface area contributed by atoms with Crippen LogP contribution < -0.4 is 4.74 Å². The fourth-order valence-corrected chi connectivity index (χ4v) is 2.13. The van der Waals surface area contributed by atoms with Gasteiger partial charge in [0, 0.05) is 24.7 Å². The number of fused-ring (bicyclic) bond motifs is 1. The Balaban J connectivity index is 2.59. The van der Waals surface area contributed by atoms with Crippen molar-refractivity contribution in [3.8, 4) is 5.75 Å². The lowest BCUT2D eigenvalue weighted by Gasteiger charge is -2.29. The molecule has 0 radical (unpaired) electrons. The summed E-state index contributed by atoms with van der Waals surface area (Å²) in [4.78, 5) is 11.8. The first kappa shape index (κ1) is 11.1. The first-order valence-corrected chi connectivity index (χ1v) is 5.10. The van der Waals surface area contributed by atoms with Crippen molar-refractivity contribution in [2.45, 2.75) is 18.6 Å². The van der Waals surface area contributed by atoms with Gasteiger partial charge in [-0.2, -0.15) is 0 Å². The summed E-state index contributed by atoms with van der Waals surface area (Å²) in [5, 5.41) is 9.80. The van der Waals surface area contributed by atoms with E-state index in [1.807, 2.05) is 0 Å². The molecular formula is C12H14O4. The molecule has 1 aromatic rings. The number of Topliss-reactive ketones (excluding diaryl/α,β-unsaturated/α-hetero) is 1. The molecule has 0 unspecified atom stereocenters. The summed E-state index contributed by atoms with van der Waals surface area (Å²) in [5.74, 6) is 0.506. The average molecular weight is 222 g/mol.